The SMILES string of the molecule is Cc1nnc(NCc2ccc(-c3cccc(Cl)c3Cl)o2)n1C. The quantitative estimate of drug-likeness (QED) is 0.771. The van der Waals surface area contributed by atoms with Crippen LogP contribution in [-0.4, -0.2) is 14.8 Å². The zero-order valence-corrected chi connectivity index (χ0v) is 13.6. The second kappa shape index (κ2) is 6.02. The number of aromatic nitrogens is 3. The van der Waals surface area contributed by atoms with Crippen LogP contribution >= 0.6 is 23.2 Å². The second-order valence-corrected chi connectivity index (χ2v) is 5.64. The molecule has 0 bridgehead atoms. The smallest absolute Gasteiger partial charge is 0.224 e. The Morgan fingerprint density at radius 3 is 2.73 bits per heavy atom. The van der Waals surface area contributed by atoms with E-state index in [1.54, 1.807) is 6.07 Å². The maximum absolute atomic E-state index is 6.20. The molecule has 1 aromatic carbocycles. The van der Waals surface area contributed by atoms with Crippen molar-refractivity contribution in [2.75, 3.05) is 5.32 Å². The number of rotatable bonds is 4. The fourth-order valence-corrected chi connectivity index (χ4v) is 2.43. The molecule has 0 saturated heterocycles. The van der Waals surface area contributed by atoms with Gasteiger partial charge in [0.15, 0.2) is 0 Å². The van der Waals surface area contributed by atoms with E-state index in [-0.39, 0.29) is 0 Å². The number of furan rings is 1. The Hall–Kier alpha value is -1.98. The standard InChI is InChI=1S/C15H14Cl2N4O/c1-9-19-20-15(21(9)2)18-8-10-6-7-13(22-10)11-4-3-5-12(16)14(11)17/h3-7H,8H2,1-2H3,(H,18,20). The summed E-state index contributed by atoms with van der Waals surface area (Å²) in [5, 5.41) is 12.2. The number of hydrogen-bond acceptors (Lipinski definition) is 4. The van der Waals surface area contributed by atoms with Crippen molar-refractivity contribution < 1.29 is 4.42 Å². The van der Waals surface area contributed by atoms with Gasteiger partial charge in [-0.1, -0.05) is 29.3 Å². The molecule has 22 heavy (non-hydrogen) atoms. The number of nitrogens with zero attached hydrogens (tertiary/aromatic N) is 3. The number of benzene rings is 1. The van der Waals surface area contributed by atoms with Crippen molar-refractivity contribution in [2.45, 2.75) is 13.5 Å². The molecule has 114 valence electrons. The van der Waals surface area contributed by atoms with Crippen molar-refractivity contribution >= 4 is 29.2 Å². The fourth-order valence-electron chi connectivity index (χ4n) is 2.04. The number of anilines is 1. The molecule has 0 saturated carbocycles. The average molecular weight is 337 g/mol. The van der Waals surface area contributed by atoms with E-state index in [0.29, 0.717) is 28.3 Å². The van der Waals surface area contributed by atoms with E-state index in [2.05, 4.69) is 15.5 Å². The predicted octanol–water partition coefficient (Wildman–Crippen LogP) is 4.30. The zero-order valence-electron chi connectivity index (χ0n) is 12.1. The van der Waals surface area contributed by atoms with Crippen LogP contribution in [0.3, 0.4) is 0 Å². The Labute approximate surface area is 137 Å². The number of halogens is 2. The van der Waals surface area contributed by atoms with Gasteiger partial charge in [0.05, 0.1) is 16.6 Å². The summed E-state index contributed by atoms with van der Waals surface area (Å²) >= 11 is 12.2. The Balaban J connectivity index is 1.77. The van der Waals surface area contributed by atoms with Crippen molar-refractivity contribution in [1.82, 2.24) is 14.8 Å². The maximum atomic E-state index is 6.20. The van der Waals surface area contributed by atoms with E-state index in [0.717, 1.165) is 17.1 Å². The second-order valence-electron chi connectivity index (χ2n) is 4.85. The highest BCUT2D eigenvalue weighted by atomic mass is 35.5. The number of nitrogens with one attached hydrogen (secondary N) is 1. The van der Waals surface area contributed by atoms with Gasteiger partial charge in [-0.15, -0.1) is 10.2 Å². The van der Waals surface area contributed by atoms with Crippen molar-refractivity contribution in [3.63, 3.8) is 0 Å². The van der Waals surface area contributed by atoms with E-state index in [1.165, 1.54) is 0 Å². The van der Waals surface area contributed by atoms with Gasteiger partial charge in [-0.25, -0.2) is 0 Å². The normalized spacial score (nSPS) is 10.9. The molecule has 0 aliphatic heterocycles. The van der Waals surface area contributed by atoms with Gasteiger partial charge in [-0.05, 0) is 31.2 Å². The van der Waals surface area contributed by atoms with Crippen LogP contribution in [0.2, 0.25) is 10.0 Å². The van der Waals surface area contributed by atoms with Gasteiger partial charge in [0, 0.05) is 12.6 Å². The van der Waals surface area contributed by atoms with Crippen LogP contribution in [0.25, 0.3) is 11.3 Å². The molecule has 1 N–H and O–H groups in total. The molecule has 0 unspecified atom stereocenters. The fraction of sp³-hybridized carbons (Fsp3) is 0.200. The highest BCUT2D eigenvalue weighted by Crippen LogP contribution is 2.34. The van der Waals surface area contributed by atoms with E-state index in [9.17, 15) is 0 Å². The van der Waals surface area contributed by atoms with Gasteiger partial charge in [0.1, 0.15) is 17.3 Å². The first-order valence-electron chi connectivity index (χ1n) is 6.69. The first kappa shape index (κ1) is 14.9. The molecule has 0 amide bonds. The van der Waals surface area contributed by atoms with Crippen LogP contribution in [0.1, 0.15) is 11.6 Å². The summed E-state index contributed by atoms with van der Waals surface area (Å²) in [6, 6.07) is 9.22. The Kier molecular flexibility index (Phi) is 4.09. The Morgan fingerprint density at radius 2 is 2.00 bits per heavy atom. The lowest BCUT2D eigenvalue weighted by Gasteiger charge is -2.04. The minimum absolute atomic E-state index is 0.488. The maximum Gasteiger partial charge on any atom is 0.224 e. The summed E-state index contributed by atoms with van der Waals surface area (Å²) in [5.74, 6) is 2.98. The van der Waals surface area contributed by atoms with Crippen LogP contribution in [0.4, 0.5) is 5.95 Å². The van der Waals surface area contributed by atoms with Gasteiger partial charge in [0.25, 0.3) is 0 Å². The van der Waals surface area contributed by atoms with Gasteiger partial charge in [-0.3, -0.25) is 0 Å². The lowest BCUT2D eigenvalue weighted by molar-refractivity contribution is 0.530. The summed E-state index contributed by atoms with van der Waals surface area (Å²) in [6.45, 7) is 2.40. The van der Waals surface area contributed by atoms with E-state index < -0.39 is 0 Å². The van der Waals surface area contributed by atoms with Crippen molar-refractivity contribution in [3.05, 3.63) is 52.0 Å². The summed E-state index contributed by atoms with van der Waals surface area (Å²) in [7, 11) is 1.90. The zero-order chi connectivity index (χ0) is 15.7. The van der Waals surface area contributed by atoms with Crippen LogP contribution < -0.4 is 5.32 Å². The third kappa shape index (κ3) is 2.82. The summed E-state index contributed by atoms with van der Waals surface area (Å²) in [5.41, 5.74) is 0.773. The molecule has 3 rings (SSSR count). The third-order valence-electron chi connectivity index (χ3n) is 3.39. The highest BCUT2D eigenvalue weighted by Gasteiger charge is 2.11. The van der Waals surface area contributed by atoms with Crippen LogP contribution in [0.15, 0.2) is 34.7 Å². The minimum atomic E-state index is 0.488. The molecule has 0 radical (unpaired) electrons. The molecule has 0 fully saturated rings. The lowest BCUT2D eigenvalue weighted by atomic mass is 10.2. The third-order valence-corrected chi connectivity index (χ3v) is 4.21. The molecule has 0 aliphatic rings. The lowest BCUT2D eigenvalue weighted by Crippen LogP contribution is -2.04. The number of hydrogen-bond donors (Lipinski definition) is 1. The molecule has 0 spiro atoms. The molecule has 3 aromatic rings. The first-order chi connectivity index (χ1) is 10.6. The molecule has 5 nitrogen and oxygen atoms in total. The largest absolute Gasteiger partial charge is 0.459 e. The summed E-state index contributed by atoms with van der Waals surface area (Å²) in [6.07, 6.45) is 0. The van der Waals surface area contributed by atoms with Crippen molar-refractivity contribution in [3.8, 4) is 11.3 Å². The van der Waals surface area contributed by atoms with Gasteiger partial charge < -0.3 is 14.3 Å². The van der Waals surface area contributed by atoms with E-state index in [1.807, 2.05) is 42.8 Å². The Bertz CT molecular complexity index is 810. The monoisotopic (exact) mass is 336 g/mol. The van der Waals surface area contributed by atoms with E-state index in [4.69, 9.17) is 27.6 Å². The Morgan fingerprint density at radius 1 is 1.18 bits per heavy atom. The summed E-state index contributed by atoms with van der Waals surface area (Å²) < 4.78 is 7.68. The average Bonchev–Trinajstić information content (AvgIpc) is 3.09. The molecule has 0 aliphatic carbocycles. The van der Waals surface area contributed by atoms with Gasteiger partial charge in [-0.2, -0.15) is 0 Å². The topological polar surface area (TPSA) is 55.9 Å². The minimum Gasteiger partial charge on any atom is -0.459 e. The van der Waals surface area contributed by atoms with Crippen LogP contribution in [-0.2, 0) is 13.6 Å². The van der Waals surface area contributed by atoms with Crippen molar-refractivity contribution in [1.29, 1.82) is 0 Å². The van der Waals surface area contributed by atoms with Crippen molar-refractivity contribution in [2.24, 2.45) is 7.05 Å². The highest BCUT2D eigenvalue weighted by molar-refractivity contribution is 6.43. The number of aryl methyl sites for hydroxylation is 1. The van der Waals surface area contributed by atoms with E-state index >= 15 is 0 Å². The van der Waals surface area contributed by atoms with Crippen LogP contribution in [0, 0.1) is 6.92 Å². The first-order valence-corrected chi connectivity index (χ1v) is 7.45. The molecule has 2 aromatic heterocycles. The molecule has 0 atom stereocenters. The molecule has 7 heteroatoms. The molecular formula is C15H14Cl2N4O. The predicted molar refractivity (Wildman–Crippen MR) is 87.2 cm³/mol. The molecule has 2 heterocycles. The summed E-state index contributed by atoms with van der Waals surface area (Å²) in [4.78, 5) is 0. The van der Waals surface area contributed by atoms with Gasteiger partial charge in [0.2, 0.25) is 5.95 Å². The molecular weight excluding hydrogens is 323 g/mol. The van der Waals surface area contributed by atoms with Gasteiger partial charge >= 0.3 is 0 Å². The van der Waals surface area contributed by atoms with Crippen LogP contribution in [0.5, 0.6) is 0 Å².